The van der Waals surface area contributed by atoms with Crippen LogP contribution in [0.5, 0.6) is 0 Å². The molecular formula is C13H24N2O4. The minimum Gasteiger partial charge on any atom is -0.469 e. The van der Waals surface area contributed by atoms with Crippen LogP contribution in [-0.2, 0) is 14.3 Å². The second-order valence-corrected chi connectivity index (χ2v) is 5.95. The highest BCUT2D eigenvalue weighted by Gasteiger charge is 2.33. The van der Waals surface area contributed by atoms with Crippen LogP contribution in [0.2, 0.25) is 0 Å². The van der Waals surface area contributed by atoms with Crippen LogP contribution in [0, 0.1) is 5.92 Å². The third kappa shape index (κ3) is 5.06. The molecule has 1 rings (SSSR count). The second kappa shape index (κ2) is 6.23. The highest BCUT2D eigenvalue weighted by atomic mass is 16.6. The normalized spacial score (nSPS) is 27.5. The lowest BCUT2D eigenvalue weighted by Crippen LogP contribution is -2.52. The molecule has 0 saturated heterocycles. The summed E-state index contributed by atoms with van der Waals surface area (Å²) in [5.41, 5.74) is 5.47. The number of esters is 1. The van der Waals surface area contributed by atoms with Crippen molar-refractivity contribution in [2.45, 2.75) is 57.7 Å². The van der Waals surface area contributed by atoms with Crippen molar-refractivity contribution in [2.24, 2.45) is 11.7 Å². The van der Waals surface area contributed by atoms with Gasteiger partial charge in [0.2, 0.25) is 0 Å². The number of hydrogen-bond donors (Lipinski definition) is 2. The molecule has 1 aliphatic carbocycles. The first kappa shape index (κ1) is 15.8. The van der Waals surface area contributed by atoms with Crippen molar-refractivity contribution in [3.63, 3.8) is 0 Å². The van der Waals surface area contributed by atoms with E-state index in [2.05, 4.69) is 5.32 Å². The number of hydrogen-bond acceptors (Lipinski definition) is 5. The van der Waals surface area contributed by atoms with Crippen molar-refractivity contribution in [2.75, 3.05) is 7.11 Å². The van der Waals surface area contributed by atoms with Crippen molar-refractivity contribution in [1.29, 1.82) is 0 Å². The molecular weight excluding hydrogens is 248 g/mol. The van der Waals surface area contributed by atoms with Crippen molar-refractivity contribution >= 4 is 12.1 Å². The number of ether oxygens (including phenoxy) is 2. The molecule has 0 spiro atoms. The van der Waals surface area contributed by atoms with E-state index in [1.807, 2.05) is 0 Å². The van der Waals surface area contributed by atoms with Crippen LogP contribution >= 0.6 is 0 Å². The van der Waals surface area contributed by atoms with E-state index in [1.54, 1.807) is 20.8 Å². The first-order chi connectivity index (χ1) is 8.73. The maximum absolute atomic E-state index is 11.7. The van der Waals surface area contributed by atoms with Crippen molar-refractivity contribution in [3.8, 4) is 0 Å². The number of amides is 1. The van der Waals surface area contributed by atoms with Crippen molar-refractivity contribution < 1.29 is 19.1 Å². The van der Waals surface area contributed by atoms with Gasteiger partial charge in [-0.25, -0.2) is 4.79 Å². The number of rotatable bonds is 2. The summed E-state index contributed by atoms with van der Waals surface area (Å²) in [5, 5.41) is 2.76. The number of carbonyl (C=O) groups excluding carboxylic acids is 2. The summed E-state index contributed by atoms with van der Waals surface area (Å²) >= 11 is 0. The SMILES string of the molecule is COC(=O)[C@@H]1CC[C@H](NC(=O)OC(C)(C)C)[C@H](N)C1. The summed E-state index contributed by atoms with van der Waals surface area (Å²) in [7, 11) is 1.37. The van der Waals surface area contributed by atoms with Crippen LogP contribution in [-0.4, -0.2) is 36.9 Å². The number of carbonyl (C=O) groups is 2. The number of methoxy groups -OCH3 is 1. The van der Waals surface area contributed by atoms with E-state index >= 15 is 0 Å². The van der Waals surface area contributed by atoms with Gasteiger partial charge in [0.15, 0.2) is 0 Å². The Bertz CT molecular complexity index is 338. The lowest BCUT2D eigenvalue weighted by atomic mass is 9.83. The van der Waals surface area contributed by atoms with Gasteiger partial charge in [-0.2, -0.15) is 0 Å². The Morgan fingerprint density at radius 3 is 2.37 bits per heavy atom. The summed E-state index contributed by atoms with van der Waals surface area (Å²) < 4.78 is 9.90. The number of nitrogens with two attached hydrogens (primary N) is 1. The van der Waals surface area contributed by atoms with E-state index in [-0.39, 0.29) is 24.0 Å². The lowest BCUT2D eigenvalue weighted by molar-refractivity contribution is -0.146. The van der Waals surface area contributed by atoms with Gasteiger partial charge in [0.25, 0.3) is 0 Å². The molecule has 0 heterocycles. The molecule has 6 heteroatoms. The van der Waals surface area contributed by atoms with Gasteiger partial charge < -0.3 is 20.5 Å². The first-order valence-corrected chi connectivity index (χ1v) is 6.56. The Kier molecular flexibility index (Phi) is 5.17. The van der Waals surface area contributed by atoms with Gasteiger partial charge in [-0.15, -0.1) is 0 Å². The van der Waals surface area contributed by atoms with Crippen LogP contribution in [0.4, 0.5) is 4.79 Å². The van der Waals surface area contributed by atoms with Crippen molar-refractivity contribution in [3.05, 3.63) is 0 Å². The summed E-state index contributed by atoms with van der Waals surface area (Å²) in [6.07, 6.45) is 1.37. The maximum Gasteiger partial charge on any atom is 0.407 e. The van der Waals surface area contributed by atoms with E-state index in [4.69, 9.17) is 15.2 Å². The lowest BCUT2D eigenvalue weighted by Gasteiger charge is -2.33. The Hall–Kier alpha value is -1.30. The molecule has 0 aromatic carbocycles. The molecule has 110 valence electrons. The number of nitrogens with one attached hydrogen (secondary N) is 1. The molecule has 6 nitrogen and oxygen atoms in total. The molecule has 19 heavy (non-hydrogen) atoms. The second-order valence-electron chi connectivity index (χ2n) is 5.95. The molecule has 1 aliphatic rings. The van der Waals surface area contributed by atoms with Crippen LogP contribution in [0.1, 0.15) is 40.0 Å². The summed E-state index contributed by atoms with van der Waals surface area (Å²) in [5.74, 6) is -0.400. The monoisotopic (exact) mass is 272 g/mol. The molecule has 0 aromatic heterocycles. The Labute approximate surface area is 114 Å². The fourth-order valence-corrected chi connectivity index (χ4v) is 2.22. The molecule has 0 aliphatic heterocycles. The Balaban J connectivity index is 2.46. The average molecular weight is 272 g/mol. The van der Waals surface area contributed by atoms with Gasteiger partial charge in [-0.3, -0.25) is 4.79 Å². The Morgan fingerprint density at radius 1 is 1.26 bits per heavy atom. The van der Waals surface area contributed by atoms with Gasteiger partial charge in [-0.1, -0.05) is 0 Å². The molecule has 0 radical (unpaired) electrons. The third-order valence-electron chi connectivity index (χ3n) is 3.14. The summed E-state index contributed by atoms with van der Waals surface area (Å²) in [4.78, 5) is 23.1. The zero-order valence-corrected chi connectivity index (χ0v) is 12.1. The topological polar surface area (TPSA) is 90.6 Å². The molecule has 0 aromatic rings. The van der Waals surface area contributed by atoms with Gasteiger partial charge in [0, 0.05) is 12.1 Å². The van der Waals surface area contributed by atoms with E-state index in [0.29, 0.717) is 19.3 Å². The fraction of sp³-hybridized carbons (Fsp3) is 0.846. The molecule has 3 N–H and O–H groups in total. The van der Waals surface area contributed by atoms with E-state index in [0.717, 1.165) is 0 Å². The molecule has 3 atom stereocenters. The third-order valence-corrected chi connectivity index (χ3v) is 3.14. The molecule has 1 fully saturated rings. The summed E-state index contributed by atoms with van der Waals surface area (Å²) in [6.45, 7) is 5.42. The molecule has 1 saturated carbocycles. The molecule has 0 bridgehead atoms. The quantitative estimate of drug-likeness (QED) is 0.737. The van der Waals surface area contributed by atoms with Crippen molar-refractivity contribution in [1.82, 2.24) is 5.32 Å². The highest BCUT2D eigenvalue weighted by Crippen LogP contribution is 2.25. The fourth-order valence-electron chi connectivity index (χ4n) is 2.22. The van der Waals surface area contributed by atoms with Crippen LogP contribution in [0.15, 0.2) is 0 Å². The highest BCUT2D eigenvalue weighted by molar-refractivity contribution is 5.72. The summed E-state index contributed by atoms with van der Waals surface area (Å²) in [6, 6.07) is -0.416. The predicted molar refractivity (Wildman–Crippen MR) is 70.5 cm³/mol. The Morgan fingerprint density at radius 2 is 1.89 bits per heavy atom. The average Bonchev–Trinajstić information content (AvgIpc) is 2.28. The minimum atomic E-state index is -0.530. The predicted octanol–water partition coefficient (Wildman–Crippen LogP) is 1.18. The van der Waals surface area contributed by atoms with E-state index < -0.39 is 11.7 Å². The minimum absolute atomic E-state index is 0.157. The van der Waals surface area contributed by atoms with Crippen LogP contribution < -0.4 is 11.1 Å². The first-order valence-electron chi connectivity index (χ1n) is 6.56. The van der Waals surface area contributed by atoms with Gasteiger partial charge in [-0.05, 0) is 40.0 Å². The molecule has 1 amide bonds. The standard InChI is InChI=1S/C13H24N2O4/c1-13(2,3)19-12(17)15-10-6-5-8(7-9(10)14)11(16)18-4/h8-10H,5-7,14H2,1-4H3,(H,15,17)/t8-,9-,10+/m1/s1. The molecule has 0 unspecified atom stereocenters. The maximum atomic E-state index is 11.7. The van der Waals surface area contributed by atoms with E-state index in [1.165, 1.54) is 7.11 Å². The van der Waals surface area contributed by atoms with Crippen LogP contribution in [0.3, 0.4) is 0 Å². The zero-order valence-electron chi connectivity index (χ0n) is 12.1. The zero-order chi connectivity index (χ0) is 14.6. The van der Waals surface area contributed by atoms with Gasteiger partial charge in [0.05, 0.1) is 13.0 Å². The van der Waals surface area contributed by atoms with Gasteiger partial charge in [0.1, 0.15) is 5.60 Å². The smallest absolute Gasteiger partial charge is 0.407 e. The van der Waals surface area contributed by atoms with E-state index in [9.17, 15) is 9.59 Å². The van der Waals surface area contributed by atoms with Crippen LogP contribution in [0.25, 0.3) is 0 Å². The van der Waals surface area contributed by atoms with Gasteiger partial charge >= 0.3 is 12.1 Å². The number of alkyl carbamates (subject to hydrolysis) is 1. The largest absolute Gasteiger partial charge is 0.469 e.